The number of hydrogen-bond acceptors (Lipinski definition) is 6. The maximum Gasteiger partial charge on any atom is 0.274 e. The third-order valence-electron chi connectivity index (χ3n) is 4.66. The van der Waals surface area contributed by atoms with Crippen LogP contribution in [0.3, 0.4) is 0 Å². The molecule has 0 bridgehead atoms. The minimum Gasteiger partial charge on any atom is -0.339 e. The lowest BCUT2D eigenvalue weighted by molar-refractivity contribution is 0.0563. The highest BCUT2D eigenvalue weighted by molar-refractivity contribution is 5.94. The van der Waals surface area contributed by atoms with Crippen LogP contribution < -0.4 is 0 Å². The first-order valence-electron chi connectivity index (χ1n) is 8.68. The van der Waals surface area contributed by atoms with Crippen molar-refractivity contribution in [3.8, 4) is 11.4 Å². The van der Waals surface area contributed by atoms with Crippen molar-refractivity contribution >= 4 is 16.9 Å². The summed E-state index contributed by atoms with van der Waals surface area (Å²) in [5.41, 5.74) is 2.74. The third-order valence-corrected chi connectivity index (χ3v) is 4.66. The second-order valence-corrected chi connectivity index (χ2v) is 6.47. The quantitative estimate of drug-likeness (QED) is 0.560. The minimum absolute atomic E-state index is 0.0485. The first-order valence-corrected chi connectivity index (χ1v) is 8.68. The number of amides is 1. The molecule has 7 nitrogen and oxygen atoms in total. The van der Waals surface area contributed by atoms with Gasteiger partial charge >= 0.3 is 0 Å². The highest BCUT2D eigenvalue weighted by Gasteiger charge is 2.36. The number of aromatic nitrogens is 4. The molecule has 1 fully saturated rings. The van der Waals surface area contributed by atoms with Crippen molar-refractivity contribution in [3.05, 3.63) is 72.4 Å². The van der Waals surface area contributed by atoms with E-state index in [0.29, 0.717) is 36.0 Å². The smallest absolute Gasteiger partial charge is 0.274 e. The summed E-state index contributed by atoms with van der Waals surface area (Å²) in [4.78, 5) is 27.5. The van der Waals surface area contributed by atoms with Gasteiger partial charge in [0, 0.05) is 18.7 Å². The van der Waals surface area contributed by atoms with Crippen molar-refractivity contribution < 1.29 is 9.32 Å². The molecule has 0 N–H and O–H groups in total. The average Bonchev–Trinajstić information content (AvgIpc) is 3.17. The number of rotatable bonds is 3. The molecule has 0 saturated carbocycles. The molecule has 132 valence electrons. The van der Waals surface area contributed by atoms with Crippen LogP contribution >= 0.6 is 0 Å². The summed E-state index contributed by atoms with van der Waals surface area (Å²) in [5, 5.41) is 4.04. The highest BCUT2D eigenvalue weighted by atomic mass is 16.5. The van der Waals surface area contributed by atoms with Crippen LogP contribution in [0.15, 0.2) is 65.3 Å². The monoisotopic (exact) mass is 357 g/mol. The Morgan fingerprint density at radius 3 is 2.52 bits per heavy atom. The van der Waals surface area contributed by atoms with Crippen molar-refractivity contribution in [1.82, 2.24) is 25.0 Å². The fourth-order valence-corrected chi connectivity index (χ4v) is 3.13. The largest absolute Gasteiger partial charge is 0.339 e. The molecule has 0 aliphatic carbocycles. The molecule has 0 spiro atoms. The molecule has 2 aromatic carbocycles. The van der Waals surface area contributed by atoms with Gasteiger partial charge < -0.3 is 9.42 Å². The summed E-state index contributed by atoms with van der Waals surface area (Å²) >= 11 is 0. The van der Waals surface area contributed by atoms with Crippen molar-refractivity contribution in [2.24, 2.45) is 0 Å². The standard InChI is InChI=1S/C20H15N5O2/c26-20(17-10-21-15-8-4-5-9-16(15)22-17)25-11-14(12-25)19-23-18(24-27-19)13-6-2-1-3-7-13/h1-10,14H,11-12H2. The van der Waals surface area contributed by atoms with Crippen LogP contribution in [-0.2, 0) is 0 Å². The molecule has 5 rings (SSSR count). The Bertz CT molecular complexity index is 1120. The molecule has 4 aromatic rings. The normalized spacial score (nSPS) is 14.3. The second-order valence-electron chi connectivity index (χ2n) is 6.47. The maximum atomic E-state index is 12.6. The molecule has 1 saturated heterocycles. The van der Waals surface area contributed by atoms with Gasteiger partial charge in [-0.05, 0) is 12.1 Å². The van der Waals surface area contributed by atoms with Gasteiger partial charge in [0.1, 0.15) is 5.69 Å². The molecule has 0 atom stereocenters. The summed E-state index contributed by atoms with van der Waals surface area (Å²) in [6.07, 6.45) is 1.53. The van der Waals surface area contributed by atoms with Gasteiger partial charge in [0.2, 0.25) is 11.7 Å². The van der Waals surface area contributed by atoms with Crippen molar-refractivity contribution in [3.63, 3.8) is 0 Å². The van der Waals surface area contributed by atoms with Gasteiger partial charge in [0.25, 0.3) is 5.91 Å². The molecule has 1 aliphatic heterocycles. The predicted molar refractivity (Wildman–Crippen MR) is 97.9 cm³/mol. The zero-order valence-corrected chi connectivity index (χ0v) is 14.3. The number of carbonyl (C=O) groups excluding carboxylic acids is 1. The van der Waals surface area contributed by atoms with Gasteiger partial charge in [-0.25, -0.2) is 4.98 Å². The molecule has 7 heteroatoms. The summed E-state index contributed by atoms with van der Waals surface area (Å²) in [7, 11) is 0. The Labute approximate surface area is 154 Å². The first-order chi connectivity index (χ1) is 13.3. The van der Waals surface area contributed by atoms with Crippen LogP contribution in [0.2, 0.25) is 0 Å². The lowest BCUT2D eigenvalue weighted by Gasteiger charge is -2.36. The molecule has 1 aliphatic rings. The zero-order valence-electron chi connectivity index (χ0n) is 14.3. The van der Waals surface area contributed by atoms with Gasteiger partial charge in [-0.2, -0.15) is 4.98 Å². The van der Waals surface area contributed by atoms with E-state index >= 15 is 0 Å². The van der Waals surface area contributed by atoms with Crippen molar-refractivity contribution in [2.75, 3.05) is 13.1 Å². The molecule has 2 aromatic heterocycles. The van der Waals surface area contributed by atoms with Crippen LogP contribution in [0.25, 0.3) is 22.4 Å². The van der Waals surface area contributed by atoms with E-state index < -0.39 is 0 Å². The highest BCUT2D eigenvalue weighted by Crippen LogP contribution is 2.28. The number of hydrogen-bond donors (Lipinski definition) is 0. The average molecular weight is 357 g/mol. The van der Waals surface area contributed by atoms with Gasteiger partial charge in [-0.15, -0.1) is 0 Å². The van der Waals surface area contributed by atoms with Gasteiger partial charge in [0.15, 0.2) is 0 Å². The number of fused-ring (bicyclic) bond motifs is 1. The number of para-hydroxylation sites is 2. The van der Waals surface area contributed by atoms with Gasteiger partial charge in [-0.3, -0.25) is 9.78 Å². The Kier molecular flexibility index (Phi) is 3.64. The molecule has 1 amide bonds. The summed E-state index contributed by atoms with van der Waals surface area (Å²) in [6, 6.07) is 17.2. The molecule has 0 radical (unpaired) electrons. The van der Waals surface area contributed by atoms with Gasteiger partial charge in [-0.1, -0.05) is 47.6 Å². The SMILES string of the molecule is O=C(c1cnc2ccccc2n1)N1CC(c2nc(-c3ccccc3)no2)C1. The van der Waals surface area contributed by atoms with Crippen molar-refractivity contribution in [1.29, 1.82) is 0 Å². The summed E-state index contributed by atoms with van der Waals surface area (Å²) in [6.45, 7) is 1.06. The minimum atomic E-state index is -0.132. The van der Waals surface area contributed by atoms with E-state index in [2.05, 4.69) is 20.1 Å². The Balaban J connectivity index is 1.29. The fraction of sp³-hybridized carbons (Fsp3) is 0.150. The van der Waals surface area contributed by atoms with E-state index in [1.165, 1.54) is 6.20 Å². The lowest BCUT2D eigenvalue weighted by Crippen LogP contribution is -2.48. The number of benzene rings is 2. The summed E-state index contributed by atoms with van der Waals surface area (Å²) < 4.78 is 5.39. The Morgan fingerprint density at radius 1 is 0.963 bits per heavy atom. The lowest BCUT2D eigenvalue weighted by atomic mass is 9.99. The second kappa shape index (κ2) is 6.28. The zero-order chi connectivity index (χ0) is 18.2. The third kappa shape index (κ3) is 2.83. The van der Waals surface area contributed by atoms with Crippen LogP contribution in [-0.4, -0.2) is 44.0 Å². The predicted octanol–water partition coefficient (Wildman–Crippen LogP) is 2.92. The number of nitrogens with zero attached hydrogens (tertiary/aromatic N) is 5. The maximum absolute atomic E-state index is 12.6. The van der Waals surface area contributed by atoms with E-state index in [9.17, 15) is 4.79 Å². The molecule has 3 heterocycles. The topological polar surface area (TPSA) is 85.0 Å². The van der Waals surface area contributed by atoms with Crippen molar-refractivity contribution in [2.45, 2.75) is 5.92 Å². The van der Waals surface area contributed by atoms with Crippen LogP contribution in [0, 0.1) is 0 Å². The fourth-order valence-electron chi connectivity index (χ4n) is 3.13. The Morgan fingerprint density at radius 2 is 1.70 bits per heavy atom. The van der Waals surface area contributed by atoms with E-state index in [4.69, 9.17) is 4.52 Å². The van der Waals surface area contributed by atoms with Gasteiger partial charge in [0.05, 0.1) is 23.1 Å². The van der Waals surface area contributed by atoms with E-state index in [-0.39, 0.29) is 11.8 Å². The number of carbonyl (C=O) groups is 1. The number of likely N-dealkylation sites (tertiary alicyclic amines) is 1. The van der Waals surface area contributed by atoms with E-state index in [1.54, 1.807) is 4.90 Å². The van der Waals surface area contributed by atoms with Crippen LogP contribution in [0.4, 0.5) is 0 Å². The van der Waals surface area contributed by atoms with Crippen LogP contribution in [0.1, 0.15) is 22.3 Å². The molecule has 0 unspecified atom stereocenters. The summed E-state index contributed by atoms with van der Waals surface area (Å²) in [5.74, 6) is 1.04. The molecular formula is C20H15N5O2. The molecule has 27 heavy (non-hydrogen) atoms. The first kappa shape index (κ1) is 15.6. The Hall–Kier alpha value is -3.61. The van der Waals surface area contributed by atoms with Crippen LogP contribution in [0.5, 0.6) is 0 Å². The van der Waals surface area contributed by atoms with E-state index in [1.807, 2.05) is 54.6 Å². The molecular weight excluding hydrogens is 342 g/mol. The van der Waals surface area contributed by atoms with E-state index in [0.717, 1.165) is 11.1 Å².